The van der Waals surface area contributed by atoms with Gasteiger partial charge < -0.3 is 15.4 Å². The molecule has 2 N–H and O–H groups in total. The molecule has 0 radical (unpaired) electrons. The molecule has 0 bridgehead atoms. The van der Waals surface area contributed by atoms with Crippen molar-refractivity contribution in [1.82, 2.24) is 4.90 Å². The molecule has 0 aromatic rings. The Morgan fingerprint density at radius 1 is 1.38 bits per heavy atom. The molecule has 0 saturated carbocycles. The number of amides is 1. The molecule has 0 rings (SSSR count). The Morgan fingerprint density at radius 3 is 2.12 bits per heavy atom. The number of hydrogen-bond acceptors (Lipinski definition) is 3. The molecule has 0 aromatic heterocycles. The minimum atomic E-state index is -0.706. The quantitative estimate of drug-likeness (QED) is 0.792. The van der Waals surface area contributed by atoms with Crippen molar-refractivity contribution in [3.05, 3.63) is 0 Å². The number of hydrogen-bond donors (Lipinski definition) is 1. The van der Waals surface area contributed by atoms with Crippen molar-refractivity contribution >= 4 is 6.09 Å². The van der Waals surface area contributed by atoms with Crippen LogP contribution in [0.25, 0.3) is 0 Å². The molecule has 0 aromatic carbocycles. The summed E-state index contributed by atoms with van der Waals surface area (Å²) in [7, 11) is 2.05. The summed E-state index contributed by atoms with van der Waals surface area (Å²) in [6.07, 6.45) is 0.0761. The van der Waals surface area contributed by atoms with Gasteiger partial charge in [0, 0.05) is 12.6 Å². The molecule has 0 saturated heterocycles. The molecule has 98 valence electrons. The van der Waals surface area contributed by atoms with Gasteiger partial charge in [-0.3, -0.25) is 0 Å². The molecule has 1 amide bonds. The lowest BCUT2D eigenvalue weighted by Gasteiger charge is -2.28. The van der Waals surface area contributed by atoms with Gasteiger partial charge in [-0.05, 0) is 41.2 Å². The van der Waals surface area contributed by atoms with Gasteiger partial charge in [-0.25, -0.2) is 4.79 Å². The first-order valence-electron chi connectivity index (χ1n) is 5.93. The smallest absolute Gasteiger partial charge is 0.405 e. The lowest BCUT2D eigenvalue weighted by atomic mass is 10.0. The summed E-state index contributed by atoms with van der Waals surface area (Å²) in [6.45, 7) is 12.9. The third kappa shape index (κ3) is 9.77. The third-order valence-corrected chi connectivity index (χ3v) is 2.33. The number of ether oxygens (including phenoxy) is 1. The van der Waals surface area contributed by atoms with Crippen LogP contribution >= 0.6 is 0 Å². The molecule has 0 atom stereocenters. The Bertz CT molecular complexity index is 191. The summed E-state index contributed by atoms with van der Waals surface area (Å²) >= 11 is 0. The van der Waals surface area contributed by atoms with Gasteiger partial charge in [0.2, 0.25) is 0 Å². The van der Waals surface area contributed by atoms with Gasteiger partial charge in [0.25, 0.3) is 0 Å². The molecule has 0 aliphatic rings. The first-order chi connectivity index (χ1) is 7.24. The van der Waals surface area contributed by atoms with E-state index in [1.54, 1.807) is 0 Å². The highest BCUT2D eigenvalue weighted by Crippen LogP contribution is 2.15. The second kappa shape index (κ2) is 8.39. The number of nitrogens with zero attached hydrogens (tertiary/aromatic N) is 1. The molecule has 4 nitrogen and oxygen atoms in total. The van der Waals surface area contributed by atoms with Gasteiger partial charge in [0.15, 0.2) is 0 Å². The number of carbonyl (C=O) groups is 1. The fraction of sp³-hybridized carbons (Fsp3) is 0.917. The topological polar surface area (TPSA) is 55.6 Å². The zero-order chi connectivity index (χ0) is 13.4. The summed E-state index contributed by atoms with van der Waals surface area (Å²) in [4.78, 5) is 12.8. The highest BCUT2D eigenvalue weighted by molar-refractivity contribution is 5.65. The Labute approximate surface area is 100 Å². The van der Waals surface area contributed by atoms with E-state index in [0.29, 0.717) is 6.04 Å². The molecule has 0 unspecified atom stereocenters. The predicted molar refractivity (Wildman–Crippen MR) is 68.5 cm³/mol. The number of carbonyl (C=O) groups excluding carboxylic acids is 1. The zero-order valence-electron chi connectivity index (χ0n) is 11.8. The predicted octanol–water partition coefficient (Wildman–Crippen LogP) is 2.62. The highest BCUT2D eigenvalue weighted by Gasteiger charge is 2.22. The monoisotopic (exact) mass is 232 g/mol. The minimum Gasteiger partial charge on any atom is -0.444 e. The minimum absolute atomic E-state index is 0.477. The highest BCUT2D eigenvalue weighted by atomic mass is 16.6. The molecule has 4 heteroatoms. The van der Waals surface area contributed by atoms with Gasteiger partial charge in [0.05, 0.1) is 0 Å². The SMILES string of the molecule is CC.CC(C)N(C)CCC(C)(C)OC(N)=O. The maximum Gasteiger partial charge on any atom is 0.405 e. The van der Waals surface area contributed by atoms with Crippen LogP contribution in [-0.2, 0) is 4.74 Å². The molecule has 16 heavy (non-hydrogen) atoms. The van der Waals surface area contributed by atoms with Crippen LogP contribution in [0.1, 0.15) is 48.0 Å². The van der Waals surface area contributed by atoms with Crippen molar-refractivity contribution in [3.63, 3.8) is 0 Å². The molecule has 0 aliphatic carbocycles. The van der Waals surface area contributed by atoms with E-state index in [1.807, 2.05) is 34.7 Å². The van der Waals surface area contributed by atoms with Gasteiger partial charge in [-0.1, -0.05) is 13.8 Å². The Hall–Kier alpha value is -0.770. The van der Waals surface area contributed by atoms with E-state index in [-0.39, 0.29) is 0 Å². The van der Waals surface area contributed by atoms with Crippen LogP contribution in [-0.4, -0.2) is 36.2 Å². The van der Waals surface area contributed by atoms with Crippen LogP contribution in [0.3, 0.4) is 0 Å². The van der Waals surface area contributed by atoms with Crippen molar-refractivity contribution in [2.24, 2.45) is 5.73 Å². The summed E-state index contributed by atoms with van der Waals surface area (Å²) < 4.78 is 4.98. The summed E-state index contributed by atoms with van der Waals surface area (Å²) in [5.74, 6) is 0. The van der Waals surface area contributed by atoms with E-state index in [9.17, 15) is 4.79 Å². The molecule has 0 heterocycles. The molecule has 0 spiro atoms. The lowest BCUT2D eigenvalue weighted by molar-refractivity contribution is 0.0309. The summed E-state index contributed by atoms with van der Waals surface area (Å²) in [5.41, 5.74) is 4.49. The van der Waals surface area contributed by atoms with Crippen LogP contribution < -0.4 is 5.73 Å². The first-order valence-corrected chi connectivity index (χ1v) is 5.93. The largest absolute Gasteiger partial charge is 0.444 e. The van der Waals surface area contributed by atoms with E-state index < -0.39 is 11.7 Å². The summed E-state index contributed by atoms with van der Waals surface area (Å²) in [5, 5.41) is 0. The van der Waals surface area contributed by atoms with Gasteiger partial charge >= 0.3 is 6.09 Å². The number of nitrogens with two attached hydrogens (primary N) is 1. The van der Waals surface area contributed by atoms with Crippen molar-refractivity contribution < 1.29 is 9.53 Å². The standard InChI is InChI=1S/C10H22N2O2.C2H6/c1-8(2)12(5)7-6-10(3,4)14-9(11)13;1-2/h8H,6-7H2,1-5H3,(H2,11,13);1-2H3. The number of rotatable bonds is 5. The second-order valence-corrected chi connectivity index (χ2v) is 4.51. The van der Waals surface area contributed by atoms with Gasteiger partial charge in [0.1, 0.15) is 5.60 Å². The van der Waals surface area contributed by atoms with Crippen molar-refractivity contribution in [1.29, 1.82) is 0 Å². The Kier molecular flexibility index (Phi) is 9.24. The van der Waals surface area contributed by atoms with E-state index in [2.05, 4.69) is 18.7 Å². The lowest BCUT2D eigenvalue weighted by Crippen LogP contribution is -2.36. The second-order valence-electron chi connectivity index (χ2n) is 4.51. The molecular formula is C12H28N2O2. The van der Waals surface area contributed by atoms with Crippen molar-refractivity contribution in [2.45, 2.75) is 59.6 Å². The van der Waals surface area contributed by atoms with Crippen LogP contribution in [0.4, 0.5) is 4.79 Å². The normalized spacial score (nSPS) is 11.1. The van der Waals surface area contributed by atoms with E-state index >= 15 is 0 Å². The van der Waals surface area contributed by atoms with E-state index in [4.69, 9.17) is 10.5 Å². The van der Waals surface area contributed by atoms with Gasteiger partial charge in [-0.2, -0.15) is 0 Å². The first kappa shape index (κ1) is 17.6. The maximum atomic E-state index is 10.6. The molecule has 0 aliphatic heterocycles. The van der Waals surface area contributed by atoms with E-state index in [1.165, 1.54) is 0 Å². The number of primary amides is 1. The Balaban J connectivity index is 0. The third-order valence-electron chi connectivity index (χ3n) is 2.33. The Morgan fingerprint density at radius 2 is 1.81 bits per heavy atom. The van der Waals surface area contributed by atoms with Crippen LogP contribution in [0.2, 0.25) is 0 Å². The van der Waals surface area contributed by atoms with Gasteiger partial charge in [-0.15, -0.1) is 0 Å². The maximum absolute atomic E-state index is 10.6. The van der Waals surface area contributed by atoms with Crippen molar-refractivity contribution in [3.8, 4) is 0 Å². The van der Waals surface area contributed by atoms with Crippen LogP contribution in [0.5, 0.6) is 0 Å². The van der Waals surface area contributed by atoms with E-state index in [0.717, 1.165) is 13.0 Å². The summed E-state index contributed by atoms with van der Waals surface area (Å²) in [6, 6.07) is 0.499. The average molecular weight is 232 g/mol. The van der Waals surface area contributed by atoms with Crippen LogP contribution in [0, 0.1) is 0 Å². The van der Waals surface area contributed by atoms with Crippen LogP contribution in [0.15, 0.2) is 0 Å². The van der Waals surface area contributed by atoms with Crippen molar-refractivity contribution in [2.75, 3.05) is 13.6 Å². The fourth-order valence-corrected chi connectivity index (χ4v) is 1.03. The fourth-order valence-electron chi connectivity index (χ4n) is 1.03. The molecular weight excluding hydrogens is 204 g/mol. The molecule has 0 fully saturated rings. The average Bonchev–Trinajstić information content (AvgIpc) is 2.15. The zero-order valence-corrected chi connectivity index (χ0v) is 11.8.